The molecule has 1 amide bonds. The lowest BCUT2D eigenvalue weighted by molar-refractivity contribution is -0.137. The van der Waals surface area contributed by atoms with Crippen LogP contribution in [0.3, 0.4) is 0 Å². The molecule has 0 bridgehead atoms. The minimum Gasteiger partial charge on any atom is -0.488 e. The van der Waals surface area contributed by atoms with E-state index in [2.05, 4.69) is 5.16 Å². The number of benzene rings is 2. The molecule has 0 spiro atoms. The minimum absolute atomic E-state index is 0.200. The molecule has 1 atom stereocenters. The molecule has 0 radical (unpaired) electrons. The third-order valence-corrected chi connectivity index (χ3v) is 4.69. The van der Waals surface area contributed by atoms with Crippen LogP contribution in [0.25, 0.3) is 10.8 Å². The number of esters is 1. The number of aromatic nitrogens is 1. The molecule has 0 saturated heterocycles. The van der Waals surface area contributed by atoms with E-state index < -0.39 is 12.1 Å². The van der Waals surface area contributed by atoms with Gasteiger partial charge in [-0.05, 0) is 43.7 Å². The van der Waals surface area contributed by atoms with Crippen LogP contribution in [0.1, 0.15) is 34.3 Å². The van der Waals surface area contributed by atoms with Gasteiger partial charge in [-0.3, -0.25) is 4.79 Å². The molecular weight excluding hydrogens is 372 g/mol. The summed E-state index contributed by atoms with van der Waals surface area (Å²) in [4.78, 5) is 26.3. The van der Waals surface area contributed by atoms with Gasteiger partial charge in [0.25, 0.3) is 5.91 Å². The highest BCUT2D eigenvalue weighted by Gasteiger charge is 2.23. The highest BCUT2D eigenvalue weighted by Crippen LogP contribution is 2.28. The van der Waals surface area contributed by atoms with E-state index in [1.165, 1.54) is 4.90 Å². The van der Waals surface area contributed by atoms with E-state index in [4.69, 9.17) is 14.0 Å². The van der Waals surface area contributed by atoms with Gasteiger partial charge in [-0.15, -0.1) is 0 Å². The molecule has 3 rings (SSSR count). The number of likely N-dealkylation sites (N-methyl/N-ethyl adjacent to an activating group) is 1. The molecule has 2 aromatic carbocycles. The predicted molar refractivity (Wildman–Crippen MR) is 108 cm³/mol. The summed E-state index contributed by atoms with van der Waals surface area (Å²) in [5.41, 5.74) is 1.82. The fraction of sp³-hybridized carbons (Fsp3) is 0.318. The molecule has 1 aromatic heterocycles. The number of nitrogens with zero attached hydrogens (tertiary/aromatic N) is 2. The summed E-state index contributed by atoms with van der Waals surface area (Å²) in [6.07, 6.45) is -0.903. The van der Waals surface area contributed by atoms with E-state index >= 15 is 0 Å². The number of amides is 1. The van der Waals surface area contributed by atoms with Crippen molar-refractivity contribution in [2.45, 2.75) is 33.5 Å². The number of carbonyl (C=O) groups is 2. The number of hydrogen-bond acceptors (Lipinski definition) is 6. The first kappa shape index (κ1) is 20.4. The molecule has 0 saturated carbocycles. The second-order valence-corrected chi connectivity index (χ2v) is 7.07. The van der Waals surface area contributed by atoms with Crippen molar-refractivity contribution in [2.24, 2.45) is 0 Å². The summed E-state index contributed by atoms with van der Waals surface area (Å²) >= 11 is 0. The molecule has 152 valence electrons. The summed E-state index contributed by atoms with van der Waals surface area (Å²) < 4.78 is 16.5. The zero-order valence-corrected chi connectivity index (χ0v) is 17.2. The van der Waals surface area contributed by atoms with Crippen molar-refractivity contribution in [3.63, 3.8) is 0 Å². The van der Waals surface area contributed by atoms with Crippen molar-refractivity contribution < 1.29 is 23.6 Å². The Morgan fingerprint density at radius 1 is 1.14 bits per heavy atom. The SMILES string of the molecule is Cc1noc(C)c1COc1cc2ccccc2cc1C(=O)O[C@H](C)C(=O)N(C)C. The topological polar surface area (TPSA) is 81.9 Å². The maximum Gasteiger partial charge on any atom is 0.342 e. The van der Waals surface area contributed by atoms with E-state index in [0.29, 0.717) is 11.5 Å². The lowest BCUT2D eigenvalue weighted by atomic mass is 10.1. The second kappa shape index (κ2) is 8.34. The van der Waals surface area contributed by atoms with E-state index in [1.807, 2.05) is 38.1 Å². The van der Waals surface area contributed by atoms with Gasteiger partial charge in [0, 0.05) is 14.1 Å². The largest absolute Gasteiger partial charge is 0.488 e. The van der Waals surface area contributed by atoms with Gasteiger partial charge in [0.2, 0.25) is 0 Å². The highest BCUT2D eigenvalue weighted by atomic mass is 16.6. The third kappa shape index (κ3) is 4.39. The number of rotatable bonds is 6. The maximum absolute atomic E-state index is 12.8. The van der Waals surface area contributed by atoms with Gasteiger partial charge in [0.1, 0.15) is 23.7 Å². The molecule has 0 unspecified atom stereocenters. The number of ether oxygens (including phenoxy) is 2. The van der Waals surface area contributed by atoms with Crippen LogP contribution in [-0.2, 0) is 16.1 Å². The summed E-state index contributed by atoms with van der Waals surface area (Å²) in [5, 5.41) is 5.72. The van der Waals surface area contributed by atoms with E-state index in [0.717, 1.165) is 22.0 Å². The Kier molecular flexibility index (Phi) is 5.87. The first-order valence-electron chi connectivity index (χ1n) is 9.27. The van der Waals surface area contributed by atoms with Crippen molar-refractivity contribution in [3.05, 3.63) is 59.0 Å². The van der Waals surface area contributed by atoms with Crippen LogP contribution in [0.2, 0.25) is 0 Å². The molecule has 29 heavy (non-hydrogen) atoms. The van der Waals surface area contributed by atoms with Crippen LogP contribution in [0.4, 0.5) is 0 Å². The fourth-order valence-electron chi connectivity index (χ4n) is 2.99. The van der Waals surface area contributed by atoms with Gasteiger partial charge in [-0.1, -0.05) is 29.4 Å². The van der Waals surface area contributed by atoms with E-state index in [1.54, 1.807) is 33.2 Å². The van der Waals surface area contributed by atoms with Gasteiger partial charge < -0.3 is 18.9 Å². The molecule has 7 nitrogen and oxygen atoms in total. The van der Waals surface area contributed by atoms with Gasteiger partial charge in [0.15, 0.2) is 6.10 Å². The molecule has 0 aliphatic rings. The zero-order valence-electron chi connectivity index (χ0n) is 17.2. The fourth-order valence-corrected chi connectivity index (χ4v) is 2.99. The van der Waals surface area contributed by atoms with Crippen LogP contribution >= 0.6 is 0 Å². The molecule has 0 aliphatic carbocycles. The normalized spacial score (nSPS) is 11.9. The van der Waals surface area contributed by atoms with Crippen LogP contribution in [0.15, 0.2) is 40.9 Å². The van der Waals surface area contributed by atoms with Gasteiger partial charge in [-0.2, -0.15) is 0 Å². The van der Waals surface area contributed by atoms with Gasteiger partial charge >= 0.3 is 5.97 Å². The smallest absolute Gasteiger partial charge is 0.342 e. The molecule has 0 aliphatic heterocycles. The van der Waals surface area contributed by atoms with E-state index in [-0.39, 0.29) is 18.1 Å². The Hall–Kier alpha value is -3.35. The lowest BCUT2D eigenvalue weighted by Crippen LogP contribution is -2.35. The van der Waals surface area contributed by atoms with Crippen LogP contribution in [-0.4, -0.2) is 42.1 Å². The van der Waals surface area contributed by atoms with Crippen LogP contribution in [0.5, 0.6) is 5.75 Å². The molecule has 3 aromatic rings. The number of fused-ring (bicyclic) bond motifs is 1. The minimum atomic E-state index is -0.903. The standard InChI is InChI=1S/C22H24N2O5/c1-13-19(14(2)29-23-13)12-27-20-11-17-9-7-6-8-16(17)10-18(20)22(26)28-15(3)21(25)24(4)5/h6-11,15H,12H2,1-5H3/t15-/m1/s1. The summed E-state index contributed by atoms with van der Waals surface area (Å²) in [7, 11) is 3.22. The van der Waals surface area contributed by atoms with Crippen LogP contribution in [0, 0.1) is 13.8 Å². The molecular formula is C22H24N2O5. The van der Waals surface area contributed by atoms with Gasteiger partial charge in [0.05, 0.1) is 11.3 Å². The molecule has 7 heteroatoms. The molecule has 0 N–H and O–H groups in total. The Morgan fingerprint density at radius 3 is 2.38 bits per heavy atom. The summed E-state index contributed by atoms with van der Waals surface area (Å²) in [5.74, 6) is 0.125. The molecule has 1 heterocycles. The highest BCUT2D eigenvalue weighted by molar-refractivity contribution is 5.99. The summed E-state index contributed by atoms with van der Waals surface area (Å²) in [6.45, 7) is 5.39. The van der Waals surface area contributed by atoms with Crippen molar-refractivity contribution >= 4 is 22.6 Å². The van der Waals surface area contributed by atoms with E-state index in [9.17, 15) is 9.59 Å². The average Bonchev–Trinajstić information content (AvgIpc) is 3.02. The first-order chi connectivity index (χ1) is 13.8. The van der Waals surface area contributed by atoms with Crippen LogP contribution < -0.4 is 4.74 Å². The Labute approximate surface area is 169 Å². The lowest BCUT2D eigenvalue weighted by Gasteiger charge is -2.18. The maximum atomic E-state index is 12.8. The zero-order chi connectivity index (χ0) is 21.1. The Balaban J connectivity index is 1.92. The van der Waals surface area contributed by atoms with Gasteiger partial charge in [-0.25, -0.2) is 4.79 Å². The third-order valence-electron chi connectivity index (χ3n) is 4.69. The average molecular weight is 396 g/mol. The van der Waals surface area contributed by atoms with Crippen molar-refractivity contribution in [2.75, 3.05) is 14.1 Å². The number of carbonyl (C=O) groups excluding carboxylic acids is 2. The summed E-state index contributed by atoms with van der Waals surface area (Å²) in [6, 6.07) is 11.1. The van der Waals surface area contributed by atoms with Crippen molar-refractivity contribution in [3.8, 4) is 5.75 Å². The number of aryl methyl sites for hydroxylation is 2. The van der Waals surface area contributed by atoms with Crippen molar-refractivity contribution in [1.29, 1.82) is 0 Å². The monoisotopic (exact) mass is 396 g/mol. The Morgan fingerprint density at radius 2 is 1.79 bits per heavy atom. The second-order valence-electron chi connectivity index (χ2n) is 7.07. The number of hydrogen-bond donors (Lipinski definition) is 0. The predicted octanol–water partition coefficient (Wildman–Crippen LogP) is 3.66. The van der Waals surface area contributed by atoms with Crippen molar-refractivity contribution in [1.82, 2.24) is 10.1 Å². The first-order valence-corrected chi connectivity index (χ1v) is 9.27. The molecule has 0 fully saturated rings. The quantitative estimate of drug-likeness (QED) is 0.592. The Bertz CT molecular complexity index is 1040.